The molecule has 0 spiro atoms. The lowest BCUT2D eigenvalue weighted by Crippen LogP contribution is -2.24. The highest BCUT2D eigenvalue weighted by Crippen LogP contribution is 2.37. The Morgan fingerprint density at radius 2 is 2.19 bits per heavy atom. The number of hydrogen-bond acceptors (Lipinski definition) is 6. The second-order valence-electron chi connectivity index (χ2n) is 5.89. The maximum Gasteiger partial charge on any atom is 0.232 e. The normalized spacial score (nSPS) is 16.9. The van der Waals surface area contributed by atoms with Crippen molar-refractivity contribution in [2.75, 3.05) is 18.6 Å². The molecule has 2 aromatic heterocycles. The van der Waals surface area contributed by atoms with Crippen LogP contribution in [0.2, 0.25) is 5.02 Å². The number of carbonyl (C=O) groups excluding carboxylic acids is 1. The number of benzene rings is 1. The third kappa shape index (κ3) is 3.01. The first-order valence-electron chi connectivity index (χ1n) is 8.04. The number of rotatable bonds is 4. The van der Waals surface area contributed by atoms with Crippen molar-refractivity contribution >= 4 is 23.2 Å². The van der Waals surface area contributed by atoms with E-state index in [9.17, 15) is 4.79 Å². The van der Waals surface area contributed by atoms with Gasteiger partial charge in [0.1, 0.15) is 11.4 Å². The number of amides is 1. The number of carbonyl (C=O) groups is 1. The van der Waals surface area contributed by atoms with Gasteiger partial charge in [-0.25, -0.2) is 0 Å². The van der Waals surface area contributed by atoms with Crippen molar-refractivity contribution in [1.29, 1.82) is 0 Å². The van der Waals surface area contributed by atoms with Gasteiger partial charge >= 0.3 is 0 Å². The Hall–Kier alpha value is -2.93. The fourth-order valence-corrected chi connectivity index (χ4v) is 3.15. The van der Waals surface area contributed by atoms with Crippen LogP contribution in [-0.4, -0.2) is 34.7 Å². The summed E-state index contributed by atoms with van der Waals surface area (Å²) in [5.74, 6) is 1.17. The fraction of sp³-hybridized carbons (Fsp3) is 0.222. The zero-order valence-corrected chi connectivity index (χ0v) is 14.7. The molecule has 26 heavy (non-hydrogen) atoms. The molecule has 3 aromatic rings. The van der Waals surface area contributed by atoms with E-state index in [0.717, 1.165) is 0 Å². The summed E-state index contributed by atoms with van der Waals surface area (Å²) in [6.45, 7) is 0.416. The molecule has 0 radical (unpaired) electrons. The van der Waals surface area contributed by atoms with Crippen LogP contribution in [0.25, 0.3) is 11.5 Å². The smallest absolute Gasteiger partial charge is 0.232 e. The van der Waals surface area contributed by atoms with Crippen LogP contribution in [0, 0.1) is 0 Å². The van der Waals surface area contributed by atoms with Crippen LogP contribution in [0.4, 0.5) is 5.69 Å². The molecule has 4 rings (SSSR count). The maximum absolute atomic E-state index is 12.5. The number of hydrogen-bond donors (Lipinski definition) is 0. The number of aromatic nitrogens is 3. The summed E-state index contributed by atoms with van der Waals surface area (Å²) >= 11 is 6.08. The quantitative estimate of drug-likeness (QED) is 0.700. The molecule has 1 saturated heterocycles. The van der Waals surface area contributed by atoms with Crippen molar-refractivity contribution in [3.8, 4) is 17.3 Å². The van der Waals surface area contributed by atoms with Crippen molar-refractivity contribution < 1.29 is 14.1 Å². The fourth-order valence-electron chi connectivity index (χ4n) is 2.98. The van der Waals surface area contributed by atoms with Gasteiger partial charge < -0.3 is 14.2 Å². The van der Waals surface area contributed by atoms with Gasteiger partial charge in [0.25, 0.3) is 0 Å². The molecule has 1 aliphatic rings. The molecule has 1 aromatic carbocycles. The summed E-state index contributed by atoms with van der Waals surface area (Å²) in [6, 6.07) is 10.6. The zero-order chi connectivity index (χ0) is 18.1. The first kappa shape index (κ1) is 16.5. The molecule has 1 amide bonds. The standard InChI is InChI=1S/C18H15ClN4O3/c1-25-15-6-5-12(19)9-14(15)23-10-11(8-16(23)24)18-21-17(22-26-18)13-4-2-3-7-20-13/h2-7,9,11H,8,10H2,1H3. The van der Waals surface area contributed by atoms with Gasteiger partial charge in [0.2, 0.25) is 17.6 Å². The van der Waals surface area contributed by atoms with Crippen molar-refractivity contribution in [3.63, 3.8) is 0 Å². The molecule has 0 bridgehead atoms. The molecule has 8 heteroatoms. The molecule has 0 aliphatic carbocycles. The van der Waals surface area contributed by atoms with Gasteiger partial charge in [0.15, 0.2) is 0 Å². The Labute approximate surface area is 154 Å². The van der Waals surface area contributed by atoms with E-state index >= 15 is 0 Å². The molecule has 3 heterocycles. The van der Waals surface area contributed by atoms with Gasteiger partial charge in [-0.3, -0.25) is 9.78 Å². The van der Waals surface area contributed by atoms with E-state index in [1.807, 2.05) is 12.1 Å². The molecule has 132 valence electrons. The Morgan fingerprint density at radius 1 is 1.31 bits per heavy atom. The Bertz CT molecular complexity index is 945. The zero-order valence-electron chi connectivity index (χ0n) is 13.9. The third-order valence-electron chi connectivity index (χ3n) is 4.24. The van der Waals surface area contributed by atoms with E-state index in [1.54, 1.807) is 42.5 Å². The third-order valence-corrected chi connectivity index (χ3v) is 4.48. The molecule has 1 atom stereocenters. The van der Waals surface area contributed by atoms with Gasteiger partial charge in [0, 0.05) is 24.2 Å². The van der Waals surface area contributed by atoms with Crippen molar-refractivity contribution in [2.45, 2.75) is 12.3 Å². The Morgan fingerprint density at radius 3 is 2.96 bits per heavy atom. The number of ether oxygens (including phenoxy) is 1. The van der Waals surface area contributed by atoms with Gasteiger partial charge in [-0.15, -0.1) is 0 Å². The highest BCUT2D eigenvalue weighted by atomic mass is 35.5. The highest BCUT2D eigenvalue weighted by molar-refractivity contribution is 6.31. The van der Waals surface area contributed by atoms with Crippen LogP contribution in [0.1, 0.15) is 18.2 Å². The lowest BCUT2D eigenvalue weighted by molar-refractivity contribution is -0.117. The molecule has 0 saturated carbocycles. The SMILES string of the molecule is COc1ccc(Cl)cc1N1CC(c2nc(-c3ccccn3)no2)CC1=O. The molecule has 1 unspecified atom stereocenters. The molecule has 7 nitrogen and oxygen atoms in total. The van der Waals surface area contributed by atoms with Crippen LogP contribution in [-0.2, 0) is 4.79 Å². The highest BCUT2D eigenvalue weighted by Gasteiger charge is 2.36. The first-order chi connectivity index (χ1) is 12.7. The monoisotopic (exact) mass is 370 g/mol. The van der Waals surface area contributed by atoms with E-state index in [1.165, 1.54) is 0 Å². The van der Waals surface area contributed by atoms with E-state index in [2.05, 4.69) is 15.1 Å². The van der Waals surface area contributed by atoms with Crippen LogP contribution in [0.15, 0.2) is 47.1 Å². The van der Waals surface area contributed by atoms with E-state index in [4.69, 9.17) is 20.9 Å². The second-order valence-corrected chi connectivity index (χ2v) is 6.33. The lowest BCUT2D eigenvalue weighted by atomic mass is 10.1. The van der Waals surface area contributed by atoms with Crippen LogP contribution < -0.4 is 9.64 Å². The number of anilines is 1. The summed E-state index contributed by atoms with van der Waals surface area (Å²) in [5, 5.41) is 4.51. The number of methoxy groups -OCH3 is 1. The van der Waals surface area contributed by atoms with Gasteiger partial charge in [0.05, 0.1) is 18.7 Å². The van der Waals surface area contributed by atoms with Crippen LogP contribution in [0.3, 0.4) is 0 Å². The molecule has 1 fully saturated rings. The summed E-state index contributed by atoms with van der Waals surface area (Å²) in [5.41, 5.74) is 1.26. The average Bonchev–Trinajstić information content (AvgIpc) is 3.29. The number of nitrogens with zero attached hydrogens (tertiary/aromatic N) is 4. The van der Waals surface area contributed by atoms with Crippen molar-refractivity contribution in [2.24, 2.45) is 0 Å². The van der Waals surface area contributed by atoms with E-state index < -0.39 is 0 Å². The predicted octanol–water partition coefficient (Wildman–Crippen LogP) is 3.31. The molecule has 0 N–H and O–H groups in total. The van der Waals surface area contributed by atoms with Crippen molar-refractivity contribution in [1.82, 2.24) is 15.1 Å². The average molecular weight is 371 g/mol. The Balaban J connectivity index is 1.59. The van der Waals surface area contributed by atoms with E-state index in [0.29, 0.717) is 40.4 Å². The van der Waals surface area contributed by atoms with Crippen LogP contribution >= 0.6 is 11.6 Å². The topological polar surface area (TPSA) is 81.3 Å². The molecular formula is C18H15ClN4O3. The number of halogens is 1. The minimum Gasteiger partial charge on any atom is -0.495 e. The Kier molecular flexibility index (Phi) is 4.30. The van der Waals surface area contributed by atoms with Gasteiger partial charge in [-0.1, -0.05) is 22.8 Å². The predicted molar refractivity (Wildman–Crippen MR) is 95.2 cm³/mol. The summed E-state index contributed by atoms with van der Waals surface area (Å²) in [6.07, 6.45) is 1.94. The van der Waals surface area contributed by atoms with Gasteiger partial charge in [-0.2, -0.15) is 4.98 Å². The summed E-state index contributed by atoms with van der Waals surface area (Å²) in [7, 11) is 1.56. The minimum atomic E-state index is -0.198. The van der Waals surface area contributed by atoms with Crippen LogP contribution in [0.5, 0.6) is 5.75 Å². The first-order valence-corrected chi connectivity index (χ1v) is 8.42. The summed E-state index contributed by atoms with van der Waals surface area (Å²) < 4.78 is 10.7. The molecular weight excluding hydrogens is 356 g/mol. The van der Waals surface area contributed by atoms with Crippen molar-refractivity contribution in [3.05, 3.63) is 53.5 Å². The maximum atomic E-state index is 12.5. The summed E-state index contributed by atoms with van der Waals surface area (Å²) in [4.78, 5) is 22.8. The minimum absolute atomic E-state index is 0.0480. The largest absolute Gasteiger partial charge is 0.495 e. The van der Waals surface area contributed by atoms with E-state index in [-0.39, 0.29) is 18.2 Å². The number of pyridine rings is 1. The van der Waals surface area contributed by atoms with Gasteiger partial charge in [-0.05, 0) is 30.3 Å². The lowest BCUT2D eigenvalue weighted by Gasteiger charge is -2.19. The second kappa shape index (κ2) is 6.76. The molecule has 1 aliphatic heterocycles.